The molecule has 5 nitrogen and oxygen atoms in total. The van der Waals surface area contributed by atoms with Crippen LogP contribution >= 0.6 is 11.6 Å². The molecular weight excluding hydrogens is 390 g/mol. The molecule has 1 saturated carbocycles. The molecule has 6 heteroatoms. The van der Waals surface area contributed by atoms with Crippen LogP contribution in [0, 0.1) is 0 Å². The third kappa shape index (κ3) is 3.97. The lowest BCUT2D eigenvalue weighted by Gasteiger charge is -2.44. The van der Waals surface area contributed by atoms with Crippen molar-refractivity contribution in [3.05, 3.63) is 58.6 Å². The number of nitrogens with zero attached hydrogens (tertiary/aromatic N) is 1. The van der Waals surface area contributed by atoms with Gasteiger partial charge in [0.2, 0.25) is 5.91 Å². The summed E-state index contributed by atoms with van der Waals surface area (Å²) < 4.78 is 10.6. The molecule has 1 atom stereocenters. The van der Waals surface area contributed by atoms with Crippen molar-refractivity contribution in [2.24, 2.45) is 0 Å². The maximum Gasteiger partial charge on any atom is 0.227 e. The summed E-state index contributed by atoms with van der Waals surface area (Å²) in [4.78, 5) is 28.0. The molecule has 0 N–H and O–H groups in total. The second-order valence-electron chi connectivity index (χ2n) is 7.29. The molecule has 0 spiro atoms. The minimum Gasteiger partial charge on any atom is -0.493 e. The fraction of sp³-hybridized carbons (Fsp3) is 0.391. The lowest BCUT2D eigenvalue weighted by Crippen LogP contribution is -2.54. The van der Waals surface area contributed by atoms with Crippen LogP contribution in [-0.4, -0.2) is 37.9 Å². The Balaban J connectivity index is 1.94. The minimum absolute atomic E-state index is 0.0417. The first-order valence-corrected chi connectivity index (χ1v) is 10.1. The van der Waals surface area contributed by atoms with Gasteiger partial charge in [0.15, 0.2) is 17.3 Å². The van der Waals surface area contributed by atoms with Crippen LogP contribution in [-0.2, 0) is 21.5 Å². The van der Waals surface area contributed by atoms with E-state index in [9.17, 15) is 9.59 Å². The van der Waals surface area contributed by atoms with Crippen molar-refractivity contribution in [3.8, 4) is 11.5 Å². The smallest absolute Gasteiger partial charge is 0.227 e. The second-order valence-corrected chi connectivity index (χ2v) is 7.70. The summed E-state index contributed by atoms with van der Waals surface area (Å²) in [5.41, 5.74) is 0.469. The zero-order chi connectivity index (χ0) is 21.0. The highest BCUT2D eigenvalue weighted by Gasteiger charge is 2.47. The Hall–Kier alpha value is -2.53. The van der Waals surface area contributed by atoms with E-state index < -0.39 is 5.54 Å². The van der Waals surface area contributed by atoms with E-state index >= 15 is 0 Å². The maximum atomic E-state index is 13.3. The van der Waals surface area contributed by atoms with Crippen molar-refractivity contribution < 1.29 is 19.1 Å². The van der Waals surface area contributed by atoms with Crippen LogP contribution in [0.5, 0.6) is 11.5 Å². The molecule has 0 bridgehead atoms. The van der Waals surface area contributed by atoms with Gasteiger partial charge in [-0.25, -0.2) is 0 Å². The Morgan fingerprint density at radius 3 is 2.48 bits per heavy atom. The topological polar surface area (TPSA) is 55.8 Å². The number of carbonyl (C=O) groups is 2. The number of ether oxygens (including phenoxy) is 2. The van der Waals surface area contributed by atoms with E-state index in [1.54, 1.807) is 44.4 Å². The molecular formula is C23H26ClNO4. The Labute approximate surface area is 176 Å². The lowest BCUT2D eigenvalue weighted by molar-refractivity contribution is -0.147. The van der Waals surface area contributed by atoms with Gasteiger partial charge in [0.25, 0.3) is 0 Å². The van der Waals surface area contributed by atoms with Crippen LogP contribution in [0.15, 0.2) is 42.5 Å². The number of carbonyl (C=O) groups excluding carboxylic acids is 2. The molecule has 0 radical (unpaired) electrons. The van der Waals surface area contributed by atoms with Crippen LogP contribution in [0.3, 0.4) is 0 Å². The van der Waals surface area contributed by atoms with Gasteiger partial charge >= 0.3 is 0 Å². The number of benzene rings is 2. The first-order valence-electron chi connectivity index (χ1n) is 9.70. The maximum absolute atomic E-state index is 13.3. The molecule has 0 heterocycles. The predicted octanol–water partition coefficient (Wildman–Crippen LogP) is 4.40. The number of hydrogen-bond acceptors (Lipinski definition) is 4. The quantitative estimate of drug-likeness (QED) is 0.701. The van der Waals surface area contributed by atoms with E-state index in [-0.39, 0.29) is 18.1 Å². The molecule has 1 aliphatic carbocycles. The van der Waals surface area contributed by atoms with Gasteiger partial charge in [-0.1, -0.05) is 35.9 Å². The predicted molar refractivity (Wildman–Crippen MR) is 113 cm³/mol. The molecule has 0 saturated heterocycles. The number of Topliss-reactive ketones (excluding diaryl/α,β-unsaturated/α-hetero) is 1. The highest BCUT2D eigenvalue weighted by Crippen LogP contribution is 2.42. The fourth-order valence-electron chi connectivity index (χ4n) is 4.13. The van der Waals surface area contributed by atoms with Crippen molar-refractivity contribution in [2.45, 2.75) is 37.6 Å². The molecule has 3 rings (SSSR count). The van der Waals surface area contributed by atoms with Gasteiger partial charge in [-0.2, -0.15) is 0 Å². The van der Waals surface area contributed by atoms with Crippen molar-refractivity contribution in [1.29, 1.82) is 0 Å². The average Bonchev–Trinajstić information content (AvgIpc) is 2.74. The summed E-state index contributed by atoms with van der Waals surface area (Å²) in [5.74, 6) is 1.06. The van der Waals surface area contributed by atoms with E-state index in [2.05, 4.69) is 0 Å². The van der Waals surface area contributed by atoms with Crippen molar-refractivity contribution in [1.82, 2.24) is 4.90 Å². The van der Waals surface area contributed by atoms with Gasteiger partial charge < -0.3 is 14.4 Å². The standard InChI is InChI=1S/C23H26ClNO4/c1-25(22(27)15-16-11-12-19(28-2)20(14-16)29-3)23(13-7-6-10-21(23)26)17-8-4-5-9-18(17)24/h4-5,8-9,11-12,14H,6-7,10,13,15H2,1-3H3. The minimum atomic E-state index is -1.02. The number of methoxy groups -OCH3 is 2. The number of hydrogen-bond donors (Lipinski definition) is 0. The van der Waals surface area contributed by atoms with Crippen LogP contribution in [0.2, 0.25) is 5.02 Å². The first kappa shape index (κ1) is 21.2. The largest absolute Gasteiger partial charge is 0.493 e. The molecule has 0 aromatic heterocycles. The highest BCUT2D eigenvalue weighted by molar-refractivity contribution is 6.31. The van der Waals surface area contributed by atoms with Gasteiger partial charge in [-0.3, -0.25) is 9.59 Å². The van der Waals surface area contributed by atoms with Gasteiger partial charge in [-0.05, 0) is 43.0 Å². The molecule has 29 heavy (non-hydrogen) atoms. The molecule has 1 unspecified atom stereocenters. The van der Waals surface area contributed by atoms with Crippen LogP contribution in [0.25, 0.3) is 0 Å². The van der Waals surface area contributed by atoms with E-state index in [1.165, 1.54) is 0 Å². The SMILES string of the molecule is COc1ccc(CC(=O)N(C)C2(c3ccccc3Cl)CCCCC2=O)cc1OC. The van der Waals surface area contributed by atoms with E-state index in [0.717, 1.165) is 18.4 Å². The number of ketones is 1. The number of halogens is 1. The molecule has 2 aromatic rings. The fourth-order valence-corrected chi connectivity index (χ4v) is 4.42. The molecule has 154 valence electrons. The summed E-state index contributed by atoms with van der Waals surface area (Å²) in [6.45, 7) is 0. The number of rotatable bonds is 6. The van der Waals surface area contributed by atoms with Gasteiger partial charge in [-0.15, -0.1) is 0 Å². The monoisotopic (exact) mass is 415 g/mol. The Kier molecular flexibility index (Phi) is 6.48. The Morgan fingerprint density at radius 2 is 1.83 bits per heavy atom. The second kappa shape index (κ2) is 8.87. The van der Waals surface area contributed by atoms with Crippen LogP contribution < -0.4 is 9.47 Å². The summed E-state index contributed by atoms with van der Waals surface area (Å²) in [5, 5.41) is 0.508. The molecule has 0 aliphatic heterocycles. The average molecular weight is 416 g/mol. The van der Waals surface area contributed by atoms with Gasteiger partial charge in [0.1, 0.15) is 5.54 Å². The molecule has 1 amide bonds. The Bertz CT molecular complexity index is 914. The Morgan fingerprint density at radius 1 is 1.10 bits per heavy atom. The zero-order valence-electron chi connectivity index (χ0n) is 17.0. The summed E-state index contributed by atoms with van der Waals surface area (Å²) >= 11 is 6.47. The summed E-state index contributed by atoms with van der Waals surface area (Å²) in [7, 11) is 4.83. The molecule has 1 aliphatic rings. The third-order valence-corrected chi connectivity index (χ3v) is 6.05. The molecule has 1 fully saturated rings. The van der Waals surface area contributed by atoms with E-state index in [0.29, 0.717) is 34.9 Å². The third-order valence-electron chi connectivity index (χ3n) is 5.72. The van der Waals surface area contributed by atoms with Crippen molar-refractivity contribution in [2.75, 3.05) is 21.3 Å². The van der Waals surface area contributed by atoms with Crippen LogP contribution in [0.4, 0.5) is 0 Å². The summed E-state index contributed by atoms with van der Waals surface area (Å²) in [6, 6.07) is 12.7. The first-order chi connectivity index (χ1) is 13.9. The van der Waals surface area contributed by atoms with Gasteiger partial charge in [0.05, 0.1) is 20.6 Å². The van der Waals surface area contributed by atoms with Crippen molar-refractivity contribution in [3.63, 3.8) is 0 Å². The zero-order valence-corrected chi connectivity index (χ0v) is 17.8. The van der Waals surface area contributed by atoms with E-state index in [4.69, 9.17) is 21.1 Å². The number of likely N-dealkylation sites (N-methyl/N-ethyl adjacent to an activating group) is 1. The lowest BCUT2D eigenvalue weighted by atomic mass is 9.74. The highest BCUT2D eigenvalue weighted by atomic mass is 35.5. The number of amides is 1. The van der Waals surface area contributed by atoms with E-state index in [1.807, 2.05) is 24.3 Å². The summed E-state index contributed by atoms with van der Waals surface area (Å²) in [6.07, 6.45) is 2.87. The normalized spacial score (nSPS) is 19.0. The van der Waals surface area contributed by atoms with Crippen LogP contribution in [0.1, 0.15) is 36.8 Å². The molecule has 2 aromatic carbocycles. The van der Waals surface area contributed by atoms with Crippen molar-refractivity contribution >= 4 is 23.3 Å². The van der Waals surface area contributed by atoms with Gasteiger partial charge in [0, 0.05) is 24.1 Å².